The molecule has 0 saturated carbocycles. The molecular weight excluding hydrogens is 370 g/mol. The number of hydrogen-bond donors (Lipinski definition) is 6. The van der Waals surface area contributed by atoms with E-state index in [2.05, 4.69) is 37.8 Å². The molecule has 0 aromatic heterocycles. The average molecular weight is 399 g/mol. The highest BCUT2D eigenvalue weighted by atomic mass is 16.3. The summed E-state index contributed by atoms with van der Waals surface area (Å²) >= 11 is 0. The summed E-state index contributed by atoms with van der Waals surface area (Å²) in [7, 11) is 0. The molecule has 1 aromatic rings. The number of carbonyl (C=O) groups excluding carboxylic acids is 1. The summed E-state index contributed by atoms with van der Waals surface area (Å²) in [6.45, 7) is 2.51. The van der Waals surface area contributed by atoms with Gasteiger partial charge in [-0.1, -0.05) is 12.1 Å². The van der Waals surface area contributed by atoms with Crippen LogP contribution in [-0.4, -0.2) is 54.0 Å². The average Bonchev–Trinajstić information content (AvgIpc) is 2.75. The number of likely N-dealkylation sites (tertiary alicyclic amines) is 1. The Bertz CT molecular complexity index is 742. The molecule has 3 aliphatic rings. The Morgan fingerprint density at radius 3 is 2.66 bits per heavy atom. The van der Waals surface area contributed by atoms with Crippen LogP contribution in [0, 0.1) is 23.2 Å². The van der Waals surface area contributed by atoms with Gasteiger partial charge in [0.2, 0.25) is 5.91 Å². The molecule has 3 saturated heterocycles. The van der Waals surface area contributed by atoms with Gasteiger partial charge in [0.1, 0.15) is 6.29 Å². The quantitative estimate of drug-likeness (QED) is 0.397. The molecule has 4 unspecified atom stereocenters. The highest BCUT2D eigenvalue weighted by Gasteiger charge is 2.45. The van der Waals surface area contributed by atoms with Gasteiger partial charge in [0.15, 0.2) is 0 Å². The van der Waals surface area contributed by atoms with Gasteiger partial charge in [-0.3, -0.25) is 25.8 Å². The summed E-state index contributed by atoms with van der Waals surface area (Å²) in [5.41, 5.74) is 7.48. The number of benzene rings is 1. The SMILES string of the molecule is N#CCC1CCN(C2NC3CNNC(=O)C3C(Nc3ccc(CO)cc3)N2)CC1. The first-order valence-electron chi connectivity index (χ1n) is 10.3. The molecule has 6 N–H and O–H groups in total. The van der Waals surface area contributed by atoms with E-state index in [1.54, 1.807) is 0 Å². The topological polar surface area (TPSA) is 124 Å². The maximum Gasteiger partial charge on any atom is 0.242 e. The zero-order valence-electron chi connectivity index (χ0n) is 16.4. The van der Waals surface area contributed by atoms with Gasteiger partial charge in [-0.05, 0) is 36.5 Å². The third-order valence-electron chi connectivity index (χ3n) is 6.19. The van der Waals surface area contributed by atoms with Crippen LogP contribution in [0.1, 0.15) is 24.8 Å². The number of nitrogens with one attached hydrogen (secondary N) is 5. The number of aliphatic hydroxyl groups excluding tert-OH is 1. The van der Waals surface area contributed by atoms with Crippen molar-refractivity contribution in [1.29, 1.82) is 5.26 Å². The van der Waals surface area contributed by atoms with Gasteiger partial charge < -0.3 is 10.4 Å². The van der Waals surface area contributed by atoms with E-state index in [1.807, 2.05) is 24.3 Å². The lowest BCUT2D eigenvalue weighted by Gasteiger charge is -2.49. The molecule has 4 atom stereocenters. The smallest absolute Gasteiger partial charge is 0.242 e. The molecular formula is C20H29N7O2. The third kappa shape index (κ3) is 4.52. The molecule has 3 fully saturated rings. The number of carbonyl (C=O) groups is 1. The van der Waals surface area contributed by atoms with Crippen LogP contribution in [0.5, 0.6) is 0 Å². The Labute approximate surface area is 170 Å². The molecule has 9 heteroatoms. The lowest BCUT2D eigenvalue weighted by molar-refractivity contribution is -0.132. The first-order chi connectivity index (χ1) is 14.2. The van der Waals surface area contributed by atoms with Crippen LogP contribution >= 0.6 is 0 Å². The van der Waals surface area contributed by atoms with Crippen LogP contribution in [0.25, 0.3) is 0 Å². The van der Waals surface area contributed by atoms with E-state index in [9.17, 15) is 9.90 Å². The monoisotopic (exact) mass is 399 g/mol. The largest absolute Gasteiger partial charge is 0.392 e. The summed E-state index contributed by atoms with van der Waals surface area (Å²) in [6.07, 6.45) is 2.38. The van der Waals surface area contributed by atoms with Crippen molar-refractivity contribution in [2.45, 2.75) is 44.4 Å². The molecule has 3 heterocycles. The van der Waals surface area contributed by atoms with Crippen molar-refractivity contribution in [1.82, 2.24) is 26.4 Å². The first-order valence-corrected chi connectivity index (χ1v) is 10.3. The highest BCUT2D eigenvalue weighted by Crippen LogP contribution is 2.25. The first kappa shape index (κ1) is 20.1. The molecule has 0 radical (unpaired) electrons. The predicted octanol–water partition coefficient (Wildman–Crippen LogP) is -0.362. The van der Waals surface area contributed by atoms with Gasteiger partial charge in [0.25, 0.3) is 0 Å². The number of fused-ring (bicyclic) bond motifs is 1. The maximum absolute atomic E-state index is 12.6. The second kappa shape index (κ2) is 9.07. The fraction of sp³-hybridized carbons (Fsp3) is 0.600. The number of anilines is 1. The third-order valence-corrected chi connectivity index (χ3v) is 6.19. The zero-order chi connectivity index (χ0) is 20.2. The van der Waals surface area contributed by atoms with E-state index >= 15 is 0 Å². The number of hydrazine groups is 1. The Kier molecular flexibility index (Phi) is 6.28. The second-order valence-electron chi connectivity index (χ2n) is 8.06. The van der Waals surface area contributed by atoms with Gasteiger partial charge >= 0.3 is 0 Å². The van der Waals surface area contributed by atoms with Crippen molar-refractivity contribution in [2.75, 3.05) is 25.0 Å². The number of hydrogen-bond acceptors (Lipinski definition) is 8. The van der Waals surface area contributed by atoms with Crippen molar-refractivity contribution < 1.29 is 9.90 Å². The second-order valence-corrected chi connectivity index (χ2v) is 8.06. The lowest BCUT2D eigenvalue weighted by Crippen LogP contribution is -2.77. The van der Waals surface area contributed by atoms with Crippen molar-refractivity contribution in [3.05, 3.63) is 29.8 Å². The number of amides is 1. The van der Waals surface area contributed by atoms with Crippen molar-refractivity contribution in [3.63, 3.8) is 0 Å². The minimum atomic E-state index is -0.263. The minimum Gasteiger partial charge on any atom is -0.392 e. The summed E-state index contributed by atoms with van der Waals surface area (Å²) in [4.78, 5) is 14.9. The lowest BCUT2D eigenvalue weighted by atomic mass is 9.90. The number of nitriles is 1. The van der Waals surface area contributed by atoms with Gasteiger partial charge in [-0.2, -0.15) is 5.26 Å². The van der Waals surface area contributed by atoms with Crippen LogP contribution in [0.15, 0.2) is 24.3 Å². The van der Waals surface area contributed by atoms with Crippen LogP contribution in [0.4, 0.5) is 5.69 Å². The van der Waals surface area contributed by atoms with Crippen LogP contribution in [-0.2, 0) is 11.4 Å². The van der Waals surface area contributed by atoms with E-state index < -0.39 is 0 Å². The fourth-order valence-corrected chi connectivity index (χ4v) is 4.48. The van der Waals surface area contributed by atoms with Gasteiger partial charge in [-0.25, -0.2) is 5.43 Å². The Balaban J connectivity index is 1.47. The normalized spacial score (nSPS) is 30.8. The van der Waals surface area contributed by atoms with Gasteiger partial charge in [0, 0.05) is 37.8 Å². The molecule has 4 rings (SSSR count). The van der Waals surface area contributed by atoms with Gasteiger partial charge in [-0.15, -0.1) is 0 Å². The summed E-state index contributed by atoms with van der Waals surface area (Å²) in [6, 6.07) is 9.89. The van der Waals surface area contributed by atoms with E-state index in [1.165, 1.54) is 0 Å². The fourth-order valence-electron chi connectivity index (χ4n) is 4.48. The number of nitrogens with zero attached hydrogens (tertiary/aromatic N) is 2. The Hall–Kier alpha value is -2.22. The van der Waals surface area contributed by atoms with Gasteiger partial charge in [0.05, 0.1) is 24.8 Å². The van der Waals surface area contributed by atoms with E-state index in [-0.39, 0.29) is 36.9 Å². The number of aliphatic hydroxyl groups is 1. The van der Waals surface area contributed by atoms with Crippen molar-refractivity contribution >= 4 is 11.6 Å². The van der Waals surface area contributed by atoms with Crippen LogP contribution in [0.3, 0.4) is 0 Å². The standard InChI is InChI=1S/C20H29N7O2/c21-8-5-13-6-9-27(10-7-13)20-24-16-11-22-26-19(29)17(16)18(25-20)23-15-3-1-14(12-28)2-4-15/h1-4,13,16-18,20,22-25,28H,5-7,9-12H2,(H,26,29). The molecule has 1 amide bonds. The predicted molar refractivity (Wildman–Crippen MR) is 108 cm³/mol. The van der Waals surface area contributed by atoms with E-state index in [4.69, 9.17) is 5.26 Å². The Morgan fingerprint density at radius 1 is 1.21 bits per heavy atom. The number of piperidine rings is 1. The highest BCUT2D eigenvalue weighted by molar-refractivity contribution is 5.81. The molecule has 1 aromatic carbocycles. The molecule has 3 aliphatic heterocycles. The molecule has 156 valence electrons. The van der Waals surface area contributed by atoms with Crippen LogP contribution in [0.2, 0.25) is 0 Å². The summed E-state index contributed by atoms with van der Waals surface area (Å²) < 4.78 is 0. The zero-order valence-corrected chi connectivity index (χ0v) is 16.4. The summed E-state index contributed by atoms with van der Waals surface area (Å²) in [5, 5.41) is 28.8. The van der Waals surface area contributed by atoms with E-state index in [0.717, 1.165) is 37.2 Å². The minimum absolute atomic E-state index is 0.000969. The molecule has 0 aliphatic carbocycles. The van der Waals surface area contributed by atoms with Crippen LogP contribution < -0.4 is 26.8 Å². The molecule has 0 spiro atoms. The summed E-state index contributed by atoms with van der Waals surface area (Å²) in [5.74, 6) is 0.173. The van der Waals surface area contributed by atoms with Crippen molar-refractivity contribution in [2.24, 2.45) is 11.8 Å². The Morgan fingerprint density at radius 2 is 1.97 bits per heavy atom. The number of rotatable bonds is 5. The molecule has 0 bridgehead atoms. The molecule has 29 heavy (non-hydrogen) atoms. The maximum atomic E-state index is 12.6. The molecule has 9 nitrogen and oxygen atoms in total. The van der Waals surface area contributed by atoms with Crippen molar-refractivity contribution in [3.8, 4) is 6.07 Å². The van der Waals surface area contributed by atoms with E-state index in [0.29, 0.717) is 18.9 Å².